The van der Waals surface area contributed by atoms with Crippen molar-refractivity contribution < 1.29 is 18.3 Å². The molecular weight excluding hydrogens is 264 g/mol. The smallest absolute Gasteiger partial charge is 0.411 e. The zero-order valence-corrected chi connectivity index (χ0v) is 11.1. The van der Waals surface area contributed by atoms with Gasteiger partial charge in [0.1, 0.15) is 12.1 Å². The van der Waals surface area contributed by atoms with E-state index in [0.29, 0.717) is 0 Å². The minimum absolute atomic E-state index is 0.0302. The average molecular weight is 279 g/mol. The lowest BCUT2D eigenvalue weighted by Gasteiger charge is -2.28. The van der Waals surface area contributed by atoms with E-state index in [1.807, 2.05) is 6.07 Å². The molecule has 106 valence electrons. The Hall–Kier alpha value is -2.09. The first-order valence-electron chi connectivity index (χ1n) is 6.20. The Labute approximate surface area is 116 Å². The van der Waals surface area contributed by atoms with E-state index in [-0.39, 0.29) is 6.61 Å². The van der Waals surface area contributed by atoms with Crippen molar-refractivity contribution in [2.24, 2.45) is 0 Å². The molecule has 20 heavy (non-hydrogen) atoms. The SMILES string of the molecule is C#C[C@]1(C)CC(F)(F)CN1C(=O)OCc1ccccc1. The van der Waals surface area contributed by atoms with E-state index >= 15 is 0 Å². The van der Waals surface area contributed by atoms with Gasteiger partial charge in [0, 0.05) is 6.42 Å². The fraction of sp³-hybridized carbons (Fsp3) is 0.400. The summed E-state index contributed by atoms with van der Waals surface area (Å²) in [6.07, 6.45) is 3.93. The van der Waals surface area contributed by atoms with Crippen molar-refractivity contribution in [3.63, 3.8) is 0 Å². The second kappa shape index (κ2) is 5.12. The molecule has 0 spiro atoms. The molecule has 0 radical (unpaired) electrons. The van der Waals surface area contributed by atoms with E-state index in [1.165, 1.54) is 6.92 Å². The highest BCUT2D eigenvalue weighted by atomic mass is 19.3. The zero-order valence-electron chi connectivity index (χ0n) is 11.1. The van der Waals surface area contributed by atoms with Crippen LogP contribution in [0.2, 0.25) is 0 Å². The Kier molecular flexibility index (Phi) is 3.67. The Morgan fingerprint density at radius 3 is 2.70 bits per heavy atom. The van der Waals surface area contributed by atoms with Crippen molar-refractivity contribution in [2.45, 2.75) is 31.4 Å². The number of benzene rings is 1. The van der Waals surface area contributed by atoms with Crippen molar-refractivity contribution in [3.8, 4) is 12.3 Å². The van der Waals surface area contributed by atoms with E-state index in [0.717, 1.165) is 10.5 Å². The number of hydrogen-bond donors (Lipinski definition) is 0. The number of rotatable bonds is 2. The van der Waals surface area contributed by atoms with Gasteiger partial charge in [0.05, 0.1) is 6.54 Å². The summed E-state index contributed by atoms with van der Waals surface area (Å²) < 4.78 is 32.0. The minimum atomic E-state index is -2.98. The molecule has 1 aliphatic heterocycles. The molecule has 0 unspecified atom stereocenters. The molecule has 1 aromatic rings. The van der Waals surface area contributed by atoms with Gasteiger partial charge >= 0.3 is 6.09 Å². The maximum absolute atomic E-state index is 13.5. The molecule has 1 atom stereocenters. The van der Waals surface area contributed by atoms with Crippen LogP contribution < -0.4 is 0 Å². The molecular formula is C15H15F2NO2. The van der Waals surface area contributed by atoms with Gasteiger partial charge in [0.25, 0.3) is 5.92 Å². The summed E-state index contributed by atoms with van der Waals surface area (Å²) in [4.78, 5) is 12.9. The highest BCUT2D eigenvalue weighted by Crippen LogP contribution is 2.39. The van der Waals surface area contributed by atoms with E-state index in [9.17, 15) is 13.6 Å². The standard InChI is InChI=1S/C15H15F2NO2/c1-3-14(2)10-15(16,17)11-18(14)13(19)20-9-12-7-5-4-6-8-12/h1,4-8H,9-11H2,2H3/t14-/m1/s1. The van der Waals surface area contributed by atoms with Gasteiger partial charge in [0.15, 0.2) is 0 Å². The van der Waals surface area contributed by atoms with Gasteiger partial charge in [-0.15, -0.1) is 6.42 Å². The second-order valence-electron chi connectivity index (χ2n) is 5.08. The number of ether oxygens (including phenoxy) is 1. The summed E-state index contributed by atoms with van der Waals surface area (Å²) in [5.41, 5.74) is -0.522. The maximum atomic E-state index is 13.5. The molecule has 0 bridgehead atoms. The third-order valence-electron chi connectivity index (χ3n) is 3.32. The van der Waals surface area contributed by atoms with Gasteiger partial charge in [-0.3, -0.25) is 4.90 Å². The van der Waals surface area contributed by atoms with Crippen molar-refractivity contribution in [1.29, 1.82) is 0 Å². The van der Waals surface area contributed by atoms with Crippen LogP contribution in [0.4, 0.5) is 13.6 Å². The topological polar surface area (TPSA) is 29.5 Å². The number of carbonyl (C=O) groups excluding carboxylic acids is 1. The summed E-state index contributed by atoms with van der Waals surface area (Å²) in [5.74, 6) is -0.709. The van der Waals surface area contributed by atoms with Crippen LogP contribution in [0, 0.1) is 12.3 Å². The van der Waals surface area contributed by atoms with Gasteiger partial charge in [-0.2, -0.15) is 0 Å². The Balaban J connectivity index is 2.04. The summed E-state index contributed by atoms with van der Waals surface area (Å²) >= 11 is 0. The molecule has 3 nitrogen and oxygen atoms in total. The number of terminal acetylenes is 1. The average Bonchev–Trinajstić information content (AvgIpc) is 2.68. The molecule has 5 heteroatoms. The number of nitrogens with zero attached hydrogens (tertiary/aromatic N) is 1. The Morgan fingerprint density at radius 2 is 2.10 bits per heavy atom. The summed E-state index contributed by atoms with van der Waals surface area (Å²) in [6.45, 7) is 0.765. The van der Waals surface area contributed by atoms with Gasteiger partial charge in [-0.05, 0) is 12.5 Å². The molecule has 1 saturated heterocycles. The lowest BCUT2D eigenvalue weighted by Crippen LogP contribution is -2.44. The molecule has 0 saturated carbocycles. The third kappa shape index (κ3) is 2.90. The van der Waals surface area contributed by atoms with Crippen LogP contribution in [0.1, 0.15) is 18.9 Å². The van der Waals surface area contributed by atoms with E-state index in [2.05, 4.69) is 5.92 Å². The first kappa shape index (κ1) is 14.3. The third-order valence-corrected chi connectivity index (χ3v) is 3.32. The van der Waals surface area contributed by atoms with Gasteiger partial charge in [-0.1, -0.05) is 36.3 Å². The largest absolute Gasteiger partial charge is 0.445 e. The van der Waals surface area contributed by atoms with Crippen LogP contribution in [0.25, 0.3) is 0 Å². The number of amides is 1. The first-order chi connectivity index (χ1) is 9.36. The Morgan fingerprint density at radius 1 is 1.45 bits per heavy atom. The van der Waals surface area contributed by atoms with Crippen LogP contribution in [-0.2, 0) is 11.3 Å². The maximum Gasteiger partial charge on any atom is 0.411 e. The lowest BCUT2D eigenvalue weighted by molar-refractivity contribution is 0.0100. The zero-order chi connectivity index (χ0) is 14.8. The predicted molar refractivity (Wildman–Crippen MR) is 70.1 cm³/mol. The molecule has 0 aliphatic carbocycles. The van der Waals surface area contributed by atoms with Crippen molar-refractivity contribution in [3.05, 3.63) is 35.9 Å². The fourth-order valence-electron chi connectivity index (χ4n) is 2.25. The van der Waals surface area contributed by atoms with E-state index in [1.54, 1.807) is 24.3 Å². The number of carbonyl (C=O) groups is 1. The normalized spacial score (nSPS) is 24.2. The number of hydrogen-bond acceptors (Lipinski definition) is 2. The highest BCUT2D eigenvalue weighted by molar-refractivity contribution is 5.70. The number of alkyl halides is 2. The van der Waals surface area contributed by atoms with Crippen molar-refractivity contribution in [2.75, 3.05) is 6.54 Å². The molecule has 2 rings (SSSR count). The van der Waals surface area contributed by atoms with Crippen molar-refractivity contribution in [1.82, 2.24) is 4.90 Å². The highest BCUT2D eigenvalue weighted by Gasteiger charge is 2.54. The fourth-order valence-corrected chi connectivity index (χ4v) is 2.25. The lowest BCUT2D eigenvalue weighted by atomic mass is 9.99. The summed E-state index contributed by atoms with van der Waals surface area (Å²) in [6, 6.07) is 9.01. The van der Waals surface area contributed by atoms with Gasteiger partial charge < -0.3 is 4.74 Å². The number of halogens is 2. The van der Waals surface area contributed by atoms with E-state index < -0.39 is 30.5 Å². The number of likely N-dealkylation sites (tertiary alicyclic amines) is 1. The second-order valence-corrected chi connectivity index (χ2v) is 5.08. The molecule has 1 heterocycles. The van der Waals surface area contributed by atoms with Crippen LogP contribution in [0.3, 0.4) is 0 Å². The van der Waals surface area contributed by atoms with Gasteiger partial charge in [0.2, 0.25) is 0 Å². The van der Waals surface area contributed by atoms with Crippen LogP contribution >= 0.6 is 0 Å². The molecule has 1 aromatic carbocycles. The van der Waals surface area contributed by atoms with Crippen LogP contribution in [-0.4, -0.2) is 29.0 Å². The molecule has 0 N–H and O–H groups in total. The first-order valence-corrected chi connectivity index (χ1v) is 6.20. The summed E-state index contributed by atoms with van der Waals surface area (Å²) in [7, 11) is 0. The Bertz CT molecular complexity index is 539. The van der Waals surface area contributed by atoms with Gasteiger partial charge in [-0.25, -0.2) is 13.6 Å². The molecule has 0 aromatic heterocycles. The van der Waals surface area contributed by atoms with Crippen LogP contribution in [0.5, 0.6) is 0 Å². The van der Waals surface area contributed by atoms with Crippen molar-refractivity contribution >= 4 is 6.09 Å². The monoisotopic (exact) mass is 279 g/mol. The van der Waals surface area contributed by atoms with E-state index in [4.69, 9.17) is 11.2 Å². The molecule has 1 fully saturated rings. The quantitative estimate of drug-likeness (QED) is 0.779. The predicted octanol–water partition coefficient (Wildman–Crippen LogP) is 3.06. The van der Waals surface area contributed by atoms with Crippen LogP contribution in [0.15, 0.2) is 30.3 Å². The summed E-state index contributed by atoms with van der Waals surface area (Å²) in [5, 5.41) is 0. The minimum Gasteiger partial charge on any atom is -0.445 e. The molecule has 1 aliphatic rings. The molecule has 1 amide bonds.